The summed E-state index contributed by atoms with van der Waals surface area (Å²) >= 11 is 0. The maximum absolute atomic E-state index is 15.4. The molecule has 2 aromatic carbocycles. The van der Waals surface area contributed by atoms with Crippen LogP contribution in [0, 0.1) is 18.2 Å². The number of hydrogen-bond donors (Lipinski definition) is 2. The lowest BCUT2D eigenvalue weighted by molar-refractivity contribution is -0.137. The molecule has 1 aliphatic heterocycles. The Hall–Kier alpha value is -3.47. The number of halogens is 2. The molecule has 1 aliphatic rings. The molecule has 210 valence electrons. The molecule has 0 unspecified atom stereocenters. The van der Waals surface area contributed by atoms with E-state index in [1.807, 2.05) is 20.8 Å². The van der Waals surface area contributed by atoms with Crippen molar-refractivity contribution in [3.05, 3.63) is 52.1 Å². The van der Waals surface area contributed by atoms with Crippen LogP contribution in [0.4, 0.5) is 4.39 Å². The summed E-state index contributed by atoms with van der Waals surface area (Å²) in [6, 6.07) is 5.11. The zero-order valence-electron chi connectivity index (χ0n) is 23.0. The van der Waals surface area contributed by atoms with Crippen molar-refractivity contribution in [2.24, 2.45) is 0 Å². The van der Waals surface area contributed by atoms with Crippen LogP contribution < -0.4 is 9.47 Å². The highest BCUT2D eigenvalue weighted by atomic mass is 79.9. The van der Waals surface area contributed by atoms with Gasteiger partial charge in [0.25, 0.3) is 0 Å². The Kier molecular flexibility index (Phi) is 8.74. The topological polar surface area (TPSA) is 118 Å². The number of aromatic nitrogens is 2. The third-order valence-corrected chi connectivity index (χ3v) is 6.57. The van der Waals surface area contributed by atoms with Crippen LogP contribution in [0.25, 0.3) is 11.0 Å². The highest BCUT2D eigenvalue weighted by Gasteiger charge is 2.33. The van der Waals surface area contributed by atoms with Gasteiger partial charge in [-0.2, -0.15) is 0 Å². The van der Waals surface area contributed by atoms with E-state index in [2.05, 4.69) is 4.98 Å². The Bertz CT molecular complexity index is 1460. The van der Waals surface area contributed by atoms with Gasteiger partial charge in [-0.1, -0.05) is 20.8 Å². The summed E-state index contributed by atoms with van der Waals surface area (Å²) < 4.78 is 28.0. The Morgan fingerprint density at radius 3 is 2.38 bits per heavy atom. The molecule has 0 aliphatic carbocycles. The maximum atomic E-state index is 15.4. The molecule has 0 spiro atoms. The average molecular weight is 606 g/mol. The number of nitrogens with one attached hydrogen (secondary N) is 1. The molecule has 2 N–H and O–H groups in total. The number of amidine groups is 1. The summed E-state index contributed by atoms with van der Waals surface area (Å²) in [5.74, 6) is -1.27. The van der Waals surface area contributed by atoms with Gasteiger partial charge in [-0.05, 0) is 55.5 Å². The SMILES string of the molecule is Br.CCOc1cc2c(c(F)c1OCC)C(=N)N(CC(=O)c1cc(C(C)(C)C)c3nc(C)n(CC(=O)O)c3c1)C2. The number of hydrogen-bond acceptors (Lipinski definition) is 6. The first kappa shape index (κ1) is 30.1. The molecule has 0 fully saturated rings. The number of carboxylic acids is 1. The minimum absolute atomic E-state index is 0. The van der Waals surface area contributed by atoms with Crippen LogP contribution in [0.5, 0.6) is 11.5 Å². The lowest BCUT2D eigenvalue weighted by Crippen LogP contribution is -2.30. The summed E-state index contributed by atoms with van der Waals surface area (Å²) in [6.07, 6.45) is 0. The minimum atomic E-state index is -1.01. The number of aryl methyl sites for hydroxylation is 1. The quantitative estimate of drug-likeness (QED) is 0.320. The predicted octanol–water partition coefficient (Wildman–Crippen LogP) is 5.27. The summed E-state index contributed by atoms with van der Waals surface area (Å²) in [7, 11) is 0. The fraction of sp³-hybridized carbons (Fsp3) is 0.429. The minimum Gasteiger partial charge on any atom is -0.490 e. The molecule has 0 saturated carbocycles. The van der Waals surface area contributed by atoms with Crippen LogP contribution in [0.2, 0.25) is 0 Å². The van der Waals surface area contributed by atoms with Gasteiger partial charge in [0.05, 0.1) is 36.4 Å². The van der Waals surface area contributed by atoms with Crippen LogP contribution in [0.3, 0.4) is 0 Å². The second-order valence-corrected chi connectivity index (χ2v) is 10.3. The van der Waals surface area contributed by atoms with Gasteiger partial charge in [0.15, 0.2) is 23.1 Å². The molecule has 2 heterocycles. The first-order valence-corrected chi connectivity index (χ1v) is 12.6. The van der Waals surface area contributed by atoms with E-state index in [0.717, 1.165) is 5.56 Å². The molecule has 0 bridgehead atoms. The first-order valence-electron chi connectivity index (χ1n) is 12.6. The van der Waals surface area contributed by atoms with E-state index in [1.165, 1.54) is 4.90 Å². The summed E-state index contributed by atoms with van der Waals surface area (Å²) in [4.78, 5) is 31.2. The molecule has 1 aromatic heterocycles. The van der Waals surface area contributed by atoms with Crippen molar-refractivity contribution in [1.82, 2.24) is 14.5 Å². The largest absolute Gasteiger partial charge is 0.490 e. The van der Waals surface area contributed by atoms with Gasteiger partial charge >= 0.3 is 5.97 Å². The zero-order valence-corrected chi connectivity index (χ0v) is 24.7. The fourth-order valence-corrected chi connectivity index (χ4v) is 4.83. The summed E-state index contributed by atoms with van der Waals surface area (Å²) in [5.41, 5.74) is 2.70. The van der Waals surface area contributed by atoms with Crippen LogP contribution >= 0.6 is 17.0 Å². The normalized spacial score (nSPS) is 12.9. The number of nitrogens with zero attached hydrogens (tertiary/aromatic N) is 3. The number of benzene rings is 2. The third-order valence-electron chi connectivity index (χ3n) is 6.57. The number of fused-ring (bicyclic) bond motifs is 2. The Labute approximate surface area is 237 Å². The van der Waals surface area contributed by atoms with Crippen molar-refractivity contribution < 1.29 is 28.6 Å². The molecule has 0 saturated heterocycles. The maximum Gasteiger partial charge on any atom is 0.323 e. The lowest BCUT2D eigenvalue weighted by atomic mass is 9.84. The van der Waals surface area contributed by atoms with E-state index in [9.17, 15) is 14.7 Å². The van der Waals surface area contributed by atoms with Gasteiger partial charge < -0.3 is 24.0 Å². The number of carbonyl (C=O) groups is 2. The second-order valence-electron chi connectivity index (χ2n) is 10.3. The Morgan fingerprint density at radius 2 is 1.79 bits per heavy atom. The van der Waals surface area contributed by atoms with E-state index >= 15 is 4.39 Å². The van der Waals surface area contributed by atoms with Gasteiger partial charge in [0.2, 0.25) is 0 Å². The van der Waals surface area contributed by atoms with Gasteiger partial charge in [-0.25, -0.2) is 9.37 Å². The predicted molar refractivity (Wildman–Crippen MR) is 151 cm³/mol. The smallest absolute Gasteiger partial charge is 0.323 e. The van der Waals surface area contributed by atoms with E-state index in [4.69, 9.17) is 14.9 Å². The molecule has 9 nitrogen and oxygen atoms in total. The van der Waals surface area contributed by atoms with Gasteiger partial charge in [-0.15, -0.1) is 17.0 Å². The monoisotopic (exact) mass is 604 g/mol. The highest BCUT2D eigenvalue weighted by Crippen LogP contribution is 2.39. The number of ketones is 1. The Morgan fingerprint density at radius 1 is 1.13 bits per heavy atom. The van der Waals surface area contributed by atoms with Crippen molar-refractivity contribution >= 4 is 45.6 Å². The van der Waals surface area contributed by atoms with E-state index in [-0.39, 0.29) is 77.3 Å². The van der Waals surface area contributed by atoms with Crippen LogP contribution in [-0.4, -0.2) is 56.9 Å². The fourth-order valence-electron chi connectivity index (χ4n) is 4.83. The summed E-state index contributed by atoms with van der Waals surface area (Å²) in [5, 5.41) is 18.0. The van der Waals surface area contributed by atoms with Gasteiger partial charge in [0, 0.05) is 12.1 Å². The van der Waals surface area contributed by atoms with E-state index < -0.39 is 11.8 Å². The molecule has 0 radical (unpaired) electrons. The van der Waals surface area contributed by atoms with Crippen molar-refractivity contribution in [3.8, 4) is 11.5 Å². The number of imidazole rings is 1. The first-order chi connectivity index (χ1) is 17.9. The molecule has 39 heavy (non-hydrogen) atoms. The zero-order chi connectivity index (χ0) is 27.9. The second kappa shape index (κ2) is 11.3. The van der Waals surface area contributed by atoms with Crippen molar-refractivity contribution in [2.45, 2.75) is 60.0 Å². The number of carbonyl (C=O) groups excluding carboxylic acids is 1. The molecular weight excluding hydrogens is 571 g/mol. The van der Waals surface area contributed by atoms with Gasteiger partial charge in [0.1, 0.15) is 18.2 Å². The Balaban J connectivity index is 0.00000420. The third kappa shape index (κ3) is 5.63. The summed E-state index contributed by atoms with van der Waals surface area (Å²) in [6.45, 7) is 11.6. The molecular formula is C28H34BrFN4O5. The highest BCUT2D eigenvalue weighted by molar-refractivity contribution is 8.93. The number of carboxylic acid groups (broad SMARTS) is 1. The van der Waals surface area contributed by atoms with Crippen molar-refractivity contribution in [1.29, 1.82) is 5.41 Å². The average Bonchev–Trinajstić information content (AvgIpc) is 3.30. The van der Waals surface area contributed by atoms with Crippen LogP contribution in [0.15, 0.2) is 18.2 Å². The standard InChI is InChI=1S/C28H33FN4O5.BrH/c1-7-37-21-11-17-12-32(27(30)23(17)24(29)26(21)38-8-2)13-20(34)16-9-18(28(4,5)6)25-19(10-16)33(14-22(35)36)15(3)31-25;/h9-11,30H,7-8,12-14H2,1-6H3,(H,35,36);1H. The molecule has 3 aromatic rings. The molecule has 11 heteroatoms. The number of Topliss-reactive ketones (excluding diaryl/α,β-unsaturated/α-hetero) is 1. The number of ether oxygens (including phenoxy) is 2. The van der Waals surface area contributed by atoms with E-state index in [0.29, 0.717) is 34.6 Å². The van der Waals surface area contributed by atoms with E-state index in [1.54, 1.807) is 43.5 Å². The molecule has 4 rings (SSSR count). The van der Waals surface area contributed by atoms with Crippen molar-refractivity contribution in [2.75, 3.05) is 19.8 Å². The molecule has 0 amide bonds. The van der Waals surface area contributed by atoms with Crippen LogP contribution in [0.1, 0.15) is 67.5 Å². The van der Waals surface area contributed by atoms with Crippen molar-refractivity contribution in [3.63, 3.8) is 0 Å². The number of rotatable bonds is 9. The lowest BCUT2D eigenvalue weighted by Gasteiger charge is -2.22. The van der Waals surface area contributed by atoms with Crippen LogP contribution in [-0.2, 0) is 23.3 Å². The molecule has 0 atom stereocenters. The number of aliphatic carboxylic acids is 1. The van der Waals surface area contributed by atoms with Gasteiger partial charge in [-0.3, -0.25) is 15.0 Å².